The smallest absolute Gasteiger partial charge is 0.313 e. The fourth-order valence-electron chi connectivity index (χ4n) is 2.75. The number of sulfonamides is 1. The molecule has 1 aliphatic carbocycles. The number of piperidine rings is 1. The Hall–Kier alpha value is -1.93. The standard InChI is InChI=1S/C17H23N3O4S/c1-12-8-10-20(11-9-12)17(22)16(21)18-13-4-6-15(7-5-13)25(23,24)19-14-2-3-14/h4-7,12,14,19H,2-3,8-11H2,1H3,(H,18,21). The SMILES string of the molecule is CC1CCN(C(=O)C(=O)Nc2ccc(S(=O)(=O)NC3CC3)cc2)CC1. The van der Waals surface area contributed by atoms with Gasteiger partial charge >= 0.3 is 11.8 Å². The van der Waals surface area contributed by atoms with Crippen LogP contribution in [0.5, 0.6) is 0 Å². The normalized spacial score (nSPS) is 18.8. The summed E-state index contributed by atoms with van der Waals surface area (Å²) in [6.07, 6.45) is 3.54. The Kier molecular flexibility index (Phi) is 5.10. The monoisotopic (exact) mass is 365 g/mol. The van der Waals surface area contributed by atoms with Gasteiger partial charge in [-0.05, 0) is 55.9 Å². The zero-order valence-electron chi connectivity index (χ0n) is 14.2. The summed E-state index contributed by atoms with van der Waals surface area (Å²) in [7, 11) is -3.52. The molecule has 1 aromatic carbocycles. The zero-order chi connectivity index (χ0) is 18.0. The summed E-state index contributed by atoms with van der Waals surface area (Å²) in [6.45, 7) is 3.32. The molecule has 0 atom stereocenters. The summed E-state index contributed by atoms with van der Waals surface area (Å²) in [4.78, 5) is 26.0. The van der Waals surface area contributed by atoms with Crippen molar-refractivity contribution in [2.75, 3.05) is 18.4 Å². The van der Waals surface area contributed by atoms with Crippen LogP contribution in [0.1, 0.15) is 32.6 Å². The topological polar surface area (TPSA) is 95.6 Å². The molecule has 8 heteroatoms. The number of carbonyl (C=O) groups is 2. The van der Waals surface area contributed by atoms with E-state index in [-0.39, 0.29) is 10.9 Å². The van der Waals surface area contributed by atoms with Gasteiger partial charge in [0.2, 0.25) is 10.0 Å². The third-order valence-corrected chi connectivity index (χ3v) is 6.12. The van der Waals surface area contributed by atoms with Gasteiger partial charge in [-0.25, -0.2) is 13.1 Å². The summed E-state index contributed by atoms with van der Waals surface area (Å²) in [6, 6.07) is 5.87. The highest BCUT2D eigenvalue weighted by Gasteiger charge is 2.28. The highest BCUT2D eigenvalue weighted by Crippen LogP contribution is 2.23. The predicted octanol–water partition coefficient (Wildman–Crippen LogP) is 1.32. The number of nitrogens with one attached hydrogen (secondary N) is 2. The van der Waals surface area contributed by atoms with Crippen LogP contribution in [0.4, 0.5) is 5.69 Å². The molecule has 3 rings (SSSR count). The first kappa shape index (κ1) is 17.9. The van der Waals surface area contributed by atoms with Crippen molar-refractivity contribution in [2.24, 2.45) is 5.92 Å². The summed E-state index contributed by atoms with van der Waals surface area (Å²) in [5, 5.41) is 2.54. The first-order chi connectivity index (χ1) is 11.8. The van der Waals surface area contributed by atoms with Crippen molar-refractivity contribution >= 4 is 27.5 Å². The van der Waals surface area contributed by atoms with Crippen LogP contribution in [-0.4, -0.2) is 44.3 Å². The van der Waals surface area contributed by atoms with Crippen molar-refractivity contribution in [3.63, 3.8) is 0 Å². The fourth-order valence-corrected chi connectivity index (χ4v) is 4.05. The predicted molar refractivity (Wildman–Crippen MR) is 93.4 cm³/mol. The number of rotatable bonds is 4. The van der Waals surface area contributed by atoms with Gasteiger partial charge in [0.1, 0.15) is 0 Å². The molecular formula is C17H23N3O4S. The van der Waals surface area contributed by atoms with Crippen LogP contribution in [0.15, 0.2) is 29.2 Å². The minimum atomic E-state index is -3.52. The number of anilines is 1. The molecule has 2 fully saturated rings. The number of likely N-dealkylation sites (tertiary alicyclic amines) is 1. The molecule has 2 aliphatic rings. The number of benzene rings is 1. The van der Waals surface area contributed by atoms with Gasteiger partial charge in [-0.3, -0.25) is 9.59 Å². The lowest BCUT2D eigenvalue weighted by atomic mass is 9.99. The Balaban J connectivity index is 1.59. The van der Waals surface area contributed by atoms with Crippen LogP contribution in [0.2, 0.25) is 0 Å². The minimum absolute atomic E-state index is 0.0364. The fraction of sp³-hybridized carbons (Fsp3) is 0.529. The second-order valence-corrected chi connectivity index (χ2v) is 8.56. The number of nitrogens with zero attached hydrogens (tertiary/aromatic N) is 1. The Morgan fingerprint density at radius 3 is 2.20 bits per heavy atom. The molecule has 0 radical (unpaired) electrons. The molecule has 1 aromatic rings. The highest BCUT2D eigenvalue weighted by atomic mass is 32.2. The van der Waals surface area contributed by atoms with E-state index in [1.807, 2.05) is 0 Å². The van der Waals surface area contributed by atoms with E-state index >= 15 is 0 Å². The van der Waals surface area contributed by atoms with Crippen molar-refractivity contribution < 1.29 is 18.0 Å². The Morgan fingerprint density at radius 1 is 1.04 bits per heavy atom. The first-order valence-corrected chi connectivity index (χ1v) is 10.1. The van der Waals surface area contributed by atoms with Crippen LogP contribution >= 0.6 is 0 Å². The van der Waals surface area contributed by atoms with E-state index in [9.17, 15) is 18.0 Å². The molecule has 2 amide bonds. The average Bonchev–Trinajstić information content (AvgIpc) is 3.38. The maximum atomic E-state index is 12.2. The molecule has 25 heavy (non-hydrogen) atoms. The molecule has 1 saturated heterocycles. The lowest BCUT2D eigenvalue weighted by Crippen LogP contribution is -2.43. The summed E-state index contributed by atoms with van der Waals surface area (Å²) in [5.41, 5.74) is 0.397. The summed E-state index contributed by atoms with van der Waals surface area (Å²) < 4.78 is 26.8. The van der Waals surface area contributed by atoms with Gasteiger partial charge in [0.25, 0.3) is 0 Å². The number of amides is 2. The number of hydrogen-bond donors (Lipinski definition) is 2. The van der Waals surface area contributed by atoms with E-state index in [1.165, 1.54) is 24.3 Å². The lowest BCUT2D eigenvalue weighted by molar-refractivity contribution is -0.144. The van der Waals surface area contributed by atoms with Gasteiger partial charge in [-0.15, -0.1) is 0 Å². The molecule has 0 bridgehead atoms. The van der Waals surface area contributed by atoms with E-state index in [0.717, 1.165) is 25.7 Å². The van der Waals surface area contributed by atoms with E-state index in [1.54, 1.807) is 4.90 Å². The number of carbonyl (C=O) groups excluding carboxylic acids is 2. The molecule has 7 nitrogen and oxygen atoms in total. The Labute approximate surface area is 147 Å². The molecule has 2 N–H and O–H groups in total. The molecule has 0 unspecified atom stereocenters. The second-order valence-electron chi connectivity index (χ2n) is 6.85. The Bertz CT molecular complexity index is 749. The lowest BCUT2D eigenvalue weighted by Gasteiger charge is -2.29. The largest absolute Gasteiger partial charge is 0.334 e. The van der Waals surface area contributed by atoms with Crippen LogP contribution in [0.3, 0.4) is 0 Å². The molecular weight excluding hydrogens is 342 g/mol. The van der Waals surface area contributed by atoms with E-state index in [4.69, 9.17) is 0 Å². The quantitative estimate of drug-likeness (QED) is 0.787. The van der Waals surface area contributed by atoms with Crippen LogP contribution in [-0.2, 0) is 19.6 Å². The van der Waals surface area contributed by atoms with Gasteiger partial charge in [0.15, 0.2) is 0 Å². The van der Waals surface area contributed by atoms with Crippen molar-refractivity contribution in [2.45, 2.75) is 43.5 Å². The van der Waals surface area contributed by atoms with E-state index < -0.39 is 21.8 Å². The van der Waals surface area contributed by atoms with E-state index in [0.29, 0.717) is 24.7 Å². The molecule has 1 heterocycles. The summed E-state index contributed by atoms with van der Waals surface area (Å²) in [5.74, 6) is -0.661. The van der Waals surface area contributed by atoms with Gasteiger partial charge < -0.3 is 10.2 Å². The zero-order valence-corrected chi connectivity index (χ0v) is 15.0. The van der Waals surface area contributed by atoms with Crippen molar-refractivity contribution in [1.82, 2.24) is 9.62 Å². The van der Waals surface area contributed by atoms with Gasteiger partial charge in [-0.2, -0.15) is 0 Å². The second kappa shape index (κ2) is 7.13. The summed E-state index contributed by atoms with van der Waals surface area (Å²) >= 11 is 0. The van der Waals surface area contributed by atoms with Crippen molar-refractivity contribution in [3.8, 4) is 0 Å². The van der Waals surface area contributed by atoms with Crippen LogP contribution < -0.4 is 10.0 Å². The third kappa shape index (κ3) is 4.58. The third-order valence-electron chi connectivity index (χ3n) is 4.59. The number of hydrogen-bond acceptors (Lipinski definition) is 4. The maximum absolute atomic E-state index is 12.2. The minimum Gasteiger partial charge on any atom is -0.334 e. The van der Waals surface area contributed by atoms with Crippen molar-refractivity contribution in [3.05, 3.63) is 24.3 Å². The molecule has 1 saturated carbocycles. The van der Waals surface area contributed by atoms with Crippen molar-refractivity contribution in [1.29, 1.82) is 0 Å². The highest BCUT2D eigenvalue weighted by molar-refractivity contribution is 7.89. The Morgan fingerprint density at radius 2 is 1.64 bits per heavy atom. The maximum Gasteiger partial charge on any atom is 0.313 e. The van der Waals surface area contributed by atoms with Gasteiger partial charge in [-0.1, -0.05) is 6.92 Å². The molecule has 136 valence electrons. The molecule has 0 aromatic heterocycles. The first-order valence-electron chi connectivity index (χ1n) is 8.58. The van der Waals surface area contributed by atoms with Crippen LogP contribution in [0.25, 0.3) is 0 Å². The molecule has 1 aliphatic heterocycles. The van der Waals surface area contributed by atoms with Gasteiger partial charge in [0.05, 0.1) is 4.90 Å². The van der Waals surface area contributed by atoms with Gasteiger partial charge in [0, 0.05) is 24.8 Å². The average molecular weight is 365 g/mol. The van der Waals surface area contributed by atoms with E-state index in [2.05, 4.69) is 17.0 Å². The van der Waals surface area contributed by atoms with Crippen LogP contribution in [0, 0.1) is 5.92 Å². The molecule has 0 spiro atoms.